The monoisotopic (exact) mass is 859 g/mol. The molecule has 0 spiro atoms. The molecule has 1 aromatic rings. The number of rotatable bonds is 43. The zero-order valence-electron chi connectivity index (χ0n) is 38.7. The van der Waals surface area contributed by atoms with Gasteiger partial charge >= 0.3 is 11.9 Å². The third kappa shape index (κ3) is 33.2. The first kappa shape index (κ1) is 55.6. The number of hydrogen-bond donors (Lipinski definition) is 1. The van der Waals surface area contributed by atoms with Crippen molar-refractivity contribution in [2.45, 2.75) is 250 Å². The van der Waals surface area contributed by atoms with Gasteiger partial charge in [0.05, 0.1) is 29.2 Å². The van der Waals surface area contributed by atoms with Gasteiger partial charge in [-0.25, -0.2) is 9.59 Å². The van der Waals surface area contributed by atoms with E-state index in [0.29, 0.717) is 12.8 Å². The number of carbonyl (C=O) groups is 2. The Labute approximate surface area is 369 Å². The Morgan fingerprint density at radius 2 is 0.717 bits per heavy atom. The minimum Gasteiger partial charge on any atom is -0.462 e. The highest BCUT2D eigenvalue weighted by Crippen LogP contribution is 2.20. The number of allylic oxidation sites excluding steroid dienone is 4. The van der Waals surface area contributed by atoms with Crippen LogP contribution < -0.4 is 0 Å². The van der Waals surface area contributed by atoms with Crippen molar-refractivity contribution in [3.05, 3.63) is 53.6 Å². The highest BCUT2D eigenvalue weighted by atomic mass is 32.2. The average molecular weight is 859 g/mol. The molecule has 0 aromatic heterocycles. The molecule has 0 radical (unpaired) electrons. The Hall–Kier alpha value is -2.45. The van der Waals surface area contributed by atoms with Gasteiger partial charge < -0.3 is 9.47 Å². The Kier molecular flexibility index (Phi) is 37.6. The van der Waals surface area contributed by atoms with E-state index in [1.165, 1.54) is 173 Å². The van der Waals surface area contributed by atoms with Crippen LogP contribution in [0.3, 0.4) is 0 Å². The first-order chi connectivity index (χ1) is 29.3. The molecule has 0 aliphatic carbocycles. The Balaban J connectivity index is 2.16. The summed E-state index contributed by atoms with van der Waals surface area (Å²) >= 11 is 0. The van der Waals surface area contributed by atoms with E-state index in [4.69, 9.17) is 9.47 Å². The predicted molar refractivity (Wildman–Crippen MR) is 253 cm³/mol. The largest absolute Gasteiger partial charge is 0.462 e. The third-order valence-corrected chi connectivity index (χ3v) is 12.4. The lowest BCUT2D eigenvalue weighted by Crippen LogP contribution is -2.16. The molecule has 0 saturated heterocycles. The van der Waals surface area contributed by atoms with Crippen LogP contribution in [0.4, 0.5) is 0 Å². The molecular formula is C52H90O7S. The second-order valence-corrected chi connectivity index (χ2v) is 18.6. The lowest BCUT2D eigenvalue weighted by atomic mass is 10.1. The second kappa shape index (κ2) is 40.6. The average Bonchev–Trinajstić information content (AvgIpc) is 3.24. The molecule has 0 fully saturated rings. The lowest BCUT2D eigenvalue weighted by Gasteiger charge is -2.11. The number of benzene rings is 1. The van der Waals surface area contributed by atoms with Crippen molar-refractivity contribution in [2.75, 3.05) is 13.2 Å². The normalized spacial score (nSPS) is 11.9. The molecular weight excluding hydrogens is 769 g/mol. The quantitative estimate of drug-likeness (QED) is 0.0302. The van der Waals surface area contributed by atoms with Crippen molar-refractivity contribution < 1.29 is 32.0 Å². The summed E-state index contributed by atoms with van der Waals surface area (Å²) in [6.45, 7) is 4.92. The molecule has 60 heavy (non-hydrogen) atoms. The maximum atomic E-state index is 13.0. The fraction of sp³-hybridized carbons (Fsp3) is 0.769. The molecule has 0 bridgehead atoms. The van der Waals surface area contributed by atoms with Gasteiger partial charge in [-0.3, -0.25) is 4.55 Å². The van der Waals surface area contributed by atoms with Gasteiger partial charge in [-0.2, -0.15) is 8.42 Å². The fourth-order valence-corrected chi connectivity index (χ4v) is 8.14. The summed E-state index contributed by atoms with van der Waals surface area (Å²) in [7, 11) is -4.57. The van der Waals surface area contributed by atoms with Crippen LogP contribution >= 0.6 is 0 Å². The summed E-state index contributed by atoms with van der Waals surface area (Å²) in [4.78, 5) is 25.5. The smallest absolute Gasteiger partial charge is 0.339 e. The molecule has 1 aromatic carbocycles. The summed E-state index contributed by atoms with van der Waals surface area (Å²) in [6, 6.07) is 3.31. The van der Waals surface area contributed by atoms with Crippen molar-refractivity contribution in [2.24, 2.45) is 0 Å². The molecule has 0 aliphatic rings. The van der Waals surface area contributed by atoms with Crippen molar-refractivity contribution in [1.29, 1.82) is 0 Å². The van der Waals surface area contributed by atoms with E-state index in [1.54, 1.807) is 0 Å². The Bertz CT molecular complexity index is 1340. The zero-order chi connectivity index (χ0) is 43.6. The Morgan fingerprint density at radius 3 is 1.03 bits per heavy atom. The summed E-state index contributed by atoms with van der Waals surface area (Å²) < 4.78 is 44.1. The molecule has 0 unspecified atom stereocenters. The van der Waals surface area contributed by atoms with Crippen molar-refractivity contribution in [3.8, 4) is 0 Å². The second-order valence-electron chi connectivity index (χ2n) is 17.2. The van der Waals surface area contributed by atoms with E-state index in [9.17, 15) is 22.6 Å². The van der Waals surface area contributed by atoms with Crippen LogP contribution in [-0.2, 0) is 19.6 Å². The van der Waals surface area contributed by atoms with Crippen molar-refractivity contribution >= 4 is 22.1 Å². The first-order valence-corrected chi connectivity index (χ1v) is 26.5. The highest BCUT2D eigenvalue weighted by molar-refractivity contribution is 7.85. The van der Waals surface area contributed by atoms with Gasteiger partial charge in [0.25, 0.3) is 10.1 Å². The van der Waals surface area contributed by atoms with Gasteiger partial charge in [0, 0.05) is 0 Å². The van der Waals surface area contributed by atoms with Gasteiger partial charge in [0.15, 0.2) is 0 Å². The summed E-state index contributed by atoms with van der Waals surface area (Å²) in [5.74, 6) is -1.50. The minimum absolute atomic E-state index is 0.0621. The molecule has 0 atom stereocenters. The van der Waals surface area contributed by atoms with E-state index in [-0.39, 0.29) is 24.3 Å². The maximum Gasteiger partial charge on any atom is 0.339 e. The van der Waals surface area contributed by atoms with Gasteiger partial charge in [0.2, 0.25) is 0 Å². The van der Waals surface area contributed by atoms with Gasteiger partial charge in [-0.1, -0.05) is 205 Å². The summed E-state index contributed by atoms with van der Waals surface area (Å²) in [5.41, 5.74) is -0.274. The maximum absolute atomic E-state index is 13.0. The third-order valence-electron chi connectivity index (χ3n) is 11.5. The van der Waals surface area contributed by atoms with E-state index >= 15 is 0 Å². The van der Waals surface area contributed by atoms with Crippen LogP contribution in [0, 0.1) is 0 Å². The number of esters is 2. The van der Waals surface area contributed by atoms with Gasteiger partial charge in [0.1, 0.15) is 0 Å². The van der Waals surface area contributed by atoms with Crippen LogP contribution in [0.25, 0.3) is 0 Å². The standard InChI is InChI=1S/C52H90O7S/c1-3-5-7-9-11-13-15-17-19-21-23-25-27-29-31-33-35-37-39-41-45-58-51(53)49-44-43-48(60(55,56)57)47-50(49)52(54)59-46-42-40-38-36-34-32-30-28-26-24-22-20-18-16-14-12-10-8-6-4-2/h23-26,43-44,47H,3-22,27-42,45-46H2,1-2H3,(H,55,56,57)/b25-23+,26-24+. The number of ether oxygens (including phenoxy) is 2. The molecule has 0 heterocycles. The summed E-state index contributed by atoms with van der Waals surface area (Å²) in [6.07, 6.45) is 53.8. The van der Waals surface area contributed by atoms with Crippen molar-refractivity contribution in [1.82, 2.24) is 0 Å². The van der Waals surface area contributed by atoms with E-state index in [2.05, 4.69) is 38.2 Å². The Morgan fingerprint density at radius 1 is 0.433 bits per heavy atom. The molecule has 7 nitrogen and oxygen atoms in total. The lowest BCUT2D eigenvalue weighted by molar-refractivity contribution is 0.0450. The van der Waals surface area contributed by atoms with Crippen LogP contribution in [0.2, 0.25) is 0 Å². The number of unbranched alkanes of at least 4 members (excludes halogenated alkanes) is 32. The molecule has 346 valence electrons. The topological polar surface area (TPSA) is 107 Å². The molecule has 8 heteroatoms. The van der Waals surface area contributed by atoms with Crippen LogP contribution in [0.5, 0.6) is 0 Å². The fourth-order valence-electron chi connectivity index (χ4n) is 7.63. The van der Waals surface area contributed by atoms with Gasteiger partial charge in [-0.15, -0.1) is 0 Å². The van der Waals surface area contributed by atoms with Crippen LogP contribution in [0.1, 0.15) is 266 Å². The molecule has 0 amide bonds. The van der Waals surface area contributed by atoms with Crippen molar-refractivity contribution in [3.63, 3.8) is 0 Å². The SMILES string of the molecule is CCCCCCCCCCC/C=C/CCCCCCCCCOC(=O)c1ccc(S(=O)(=O)O)cc1C(=O)OCCCCCCCCC/C=C/CCCCCCCCCCC. The molecule has 0 aliphatic heterocycles. The van der Waals surface area contributed by atoms with E-state index in [1.807, 2.05) is 0 Å². The van der Waals surface area contributed by atoms with E-state index < -0.39 is 27.0 Å². The number of hydrogen-bond acceptors (Lipinski definition) is 6. The zero-order valence-corrected chi connectivity index (χ0v) is 39.5. The number of carbonyl (C=O) groups excluding carboxylic acids is 2. The first-order valence-electron chi connectivity index (χ1n) is 25.1. The highest BCUT2D eigenvalue weighted by Gasteiger charge is 2.23. The molecule has 1 N–H and O–H groups in total. The van der Waals surface area contributed by atoms with Crippen LogP contribution in [0.15, 0.2) is 47.4 Å². The minimum atomic E-state index is -4.57. The molecule has 1 rings (SSSR count). The van der Waals surface area contributed by atoms with Gasteiger partial charge in [-0.05, 0) is 82.4 Å². The van der Waals surface area contributed by atoms with Crippen LogP contribution in [-0.4, -0.2) is 38.1 Å². The van der Waals surface area contributed by atoms with E-state index in [0.717, 1.165) is 63.5 Å². The summed E-state index contributed by atoms with van der Waals surface area (Å²) in [5, 5.41) is 0. The molecule has 0 saturated carbocycles. The predicted octanol–water partition coefficient (Wildman–Crippen LogP) is 16.4.